The largest absolute Gasteiger partial charge is 0.459 e. The molecule has 4 unspecified atom stereocenters. The lowest BCUT2D eigenvalue weighted by Crippen LogP contribution is -2.22. The Bertz CT molecular complexity index is 535. The zero-order valence-corrected chi connectivity index (χ0v) is 26.2. The molecule has 4 atom stereocenters. The molecule has 0 aliphatic rings. The van der Waals surface area contributed by atoms with Gasteiger partial charge in [-0.25, -0.2) is 9.59 Å². The first-order valence-corrected chi connectivity index (χ1v) is 16.4. The minimum atomic E-state index is -0.469. The van der Waals surface area contributed by atoms with Crippen molar-refractivity contribution in [2.75, 3.05) is 0 Å². The van der Waals surface area contributed by atoms with Gasteiger partial charge in [-0.15, -0.1) is 0 Å². The van der Waals surface area contributed by atoms with Gasteiger partial charge in [0.25, 0.3) is 0 Å². The second-order valence-electron chi connectivity index (χ2n) is 11.8. The van der Waals surface area contributed by atoms with E-state index in [0.717, 1.165) is 12.8 Å². The van der Waals surface area contributed by atoms with Crippen LogP contribution in [0.2, 0.25) is 0 Å². The highest BCUT2D eigenvalue weighted by Crippen LogP contribution is 2.19. The summed E-state index contributed by atoms with van der Waals surface area (Å²) < 4.78 is 11.1. The number of rotatable bonds is 26. The van der Waals surface area contributed by atoms with Crippen LogP contribution in [0.4, 0.5) is 0 Å². The maximum atomic E-state index is 12.2. The molecule has 4 heteroatoms. The van der Waals surface area contributed by atoms with Crippen LogP contribution in [-0.4, -0.2) is 24.1 Å². The number of carbonyl (C=O) groups excluding carboxylic acids is 2. The molecule has 0 aromatic carbocycles. The highest BCUT2D eigenvalue weighted by molar-refractivity contribution is 5.91. The number of carbonyl (C=O) groups is 2. The van der Waals surface area contributed by atoms with Gasteiger partial charge in [-0.3, -0.25) is 0 Å². The standard InChI is InChI=1S/C34H64O4/c1-7-9-11-13-15-17-19-21-23-25-29(3)31(5)37-33(35)27-28-34(36)38-32(6)30(4)26-24-22-20-18-16-14-12-10-8-2/h27-32H,7-26H2,1-6H3/b28-27-. The number of unbranched alkanes of at least 4 members (excludes halogenated alkanes) is 16. The molecule has 0 amide bonds. The molecule has 0 aliphatic heterocycles. The normalized spacial score (nSPS) is 14.8. The van der Waals surface area contributed by atoms with E-state index in [4.69, 9.17) is 9.47 Å². The maximum absolute atomic E-state index is 12.2. The van der Waals surface area contributed by atoms with Gasteiger partial charge in [-0.1, -0.05) is 143 Å². The zero-order chi connectivity index (χ0) is 28.4. The van der Waals surface area contributed by atoms with Crippen molar-refractivity contribution in [2.24, 2.45) is 11.8 Å². The van der Waals surface area contributed by atoms with Crippen molar-refractivity contribution in [3.8, 4) is 0 Å². The Hall–Kier alpha value is -1.32. The van der Waals surface area contributed by atoms with Crippen molar-refractivity contribution >= 4 is 11.9 Å². The summed E-state index contributed by atoms with van der Waals surface area (Å²) in [5.41, 5.74) is 0. The molecule has 4 nitrogen and oxygen atoms in total. The Morgan fingerprint density at radius 3 is 1.03 bits per heavy atom. The van der Waals surface area contributed by atoms with Crippen LogP contribution in [0.25, 0.3) is 0 Å². The molecule has 0 heterocycles. The molecule has 0 saturated carbocycles. The third kappa shape index (κ3) is 22.6. The van der Waals surface area contributed by atoms with Crippen LogP contribution in [0.1, 0.15) is 170 Å². The van der Waals surface area contributed by atoms with Gasteiger partial charge < -0.3 is 9.47 Å². The number of ether oxygens (including phenoxy) is 2. The minimum Gasteiger partial charge on any atom is -0.459 e. The van der Waals surface area contributed by atoms with Gasteiger partial charge in [0.1, 0.15) is 12.2 Å². The molecular formula is C34H64O4. The van der Waals surface area contributed by atoms with Gasteiger partial charge in [-0.05, 0) is 38.5 Å². The average molecular weight is 537 g/mol. The molecule has 0 aromatic rings. The zero-order valence-electron chi connectivity index (χ0n) is 26.2. The second kappa shape index (κ2) is 25.9. The van der Waals surface area contributed by atoms with Crippen LogP contribution < -0.4 is 0 Å². The van der Waals surface area contributed by atoms with Gasteiger partial charge in [-0.2, -0.15) is 0 Å². The lowest BCUT2D eigenvalue weighted by molar-refractivity contribution is -0.147. The summed E-state index contributed by atoms with van der Waals surface area (Å²) in [5, 5.41) is 0. The van der Waals surface area contributed by atoms with Gasteiger partial charge >= 0.3 is 11.9 Å². The van der Waals surface area contributed by atoms with E-state index < -0.39 is 11.9 Å². The van der Waals surface area contributed by atoms with Gasteiger partial charge in [0, 0.05) is 12.2 Å². The molecule has 0 aliphatic carbocycles. The molecular weight excluding hydrogens is 472 g/mol. The first-order valence-electron chi connectivity index (χ1n) is 16.4. The van der Waals surface area contributed by atoms with Crippen LogP contribution in [0.15, 0.2) is 12.2 Å². The van der Waals surface area contributed by atoms with Crippen molar-refractivity contribution in [1.29, 1.82) is 0 Å². The fourth-order valence-corrected chi connectivity index (χ4v) is 4.84. The Balaban J connectivity index is 3.94. The van der Waals surface area contributed by atoms with Crippen LogP contribution >= 0.6 is 0 Å². The van der Waals surface area contributed by atoms with Crippen molar-refractivity contribution in [3.63, 3.8) is 0 Å². The topological polar surface area (TPSA) is 52.6 Å². The first kappa shape index (κ1) is 36.7. The summed E-state index contributed by atoms with van der Waals surface area (Å²) in [4.78, 5) is 24.4. The predicted molar refractivity (Wildman–Crippen MR) is 162 cm³/mol. The van der Waals surface area contributed by atoms with Crippen LogP contribution in [0.5, 0.6) is 0 Å². The van der Waals surface area contributed by atoms with Crippen LogP contribution in [0, 0.1) is 11.8 Å². The highest BCUT2D eigenvalue weighted by Gasteiger charge is 2.17. The molecule has 38 heavy (non-hydrogen) atoms. The Morgan fingerprint density at radius 2 is 0.737 bits per heavy atom. The molecule has 0 N–H and O–H groups in total. The molecule has 0 aromatic heterocycles. The number of hydrogen-bond acceptors (Lipinski definition) is 4. The first-order chi connectivity index (χ1) is 18.3. The quantitative estimate of drug-likeness (QED) is 0.0626. The molecule has 0 spiro atoms. The molecule has 0 fully saturated rings. The fourth-order valence-electron chi connectivity index (χ4n) is 4.84. The average Bonchev–Trinajstić information content (AvgIpc) is 2.89. The van der Waals surface area contributed by atoms with Crippen molar-refractivity contribution in [1.82, 2.24) is 0 Å². The summed E-state index contributed by atoms with van der Waals surface area (Å²) in [6, 6.07) is 0. The van der Waals surface area contributed by atoms with E-state index in [1.807, 2.05) is 13.8 Å². The lowest BCUT2D eigenvalue weighted by atomic mass is 9.97. The van der Waals surface area contributed by atoms with E-state index >= 15 is 0 Å². The number of esters is 2. The second-order valence-corrected chi connectivity index (χ2v) is 11.8. The van der Waals surface area contributed by atoms with Crippen molar-refractivity contribution < 1.29 is 19.1 Å². The van der Waals surface area contributed by atoms with Gasteiger partial charge in [0.05, 0.1) is 0 Å². The van der Waals surface area contributed by atoms with Crippen molar-refractivity contribution in [3.05, 3.63) is 12.2 Å². The lowest BCUT2D eigenvalue weighted by Gasteiger charge is -2.20. The monoisotopic (exact) mass is 536 g/mol. The molecule has 224 valence electrons. The fraction of sp³-hybridized carbons (Fsp3) is 0.882. The SMILES string of the molecule is CCCCCCCCCCCC(C)C(C)OC(=O)/C=C\C(=O)OC(C)C(C)CCCCCCCCCCC. The summed E-state index contributed by atoms with van der Waals surface area (Å²) in [5.74, 6) is -0.316. The van der Waals surface area contributed by atoms with Crippen molar-refractivity contribution in [2.45, 2.75) is 182 Å². The molecule has 0 saturated heterocycles. The summed E-state index contributed by atoms with van der Waals surface area (Å²) in [7, 11) is 0. The van der Waals surface area contributed by atoms with Gasteiger partial charge in [0.15, 0.2) is 0 Å². The molecule has 0 radical (unpaired) electrons. The molecule has 0 bridgehead atoms. The van der Waals surface area contributed by atoms with E-state index in [1.54, 1.807) is 0 Å². The highest BCUT2D eigenvalue weighted by atomic mass is 16.5. The van der Waals surface area contributed by atoms with Crippen LogP contribution in [-0.2, 0) is 19.1 Å². The Morgan fingerprint density at radius 1 is 0.474 bits per heavy atom. The summed E-state index contributed by atoms with van der Waals surface area (Å²) in [6.07, 6.45) is 27.9. The van der Waals surface area contributed by atoms with E-state index in [0.29, 0.717) is 11.8 Å². The third-order valence-electron chi connectivity index (χ3n) is 8.09. The predicted octanol–water partition coefficient (Wildman–Crippen LogP) is 10.5. The summed E-state index contributed by atoms with van der Waals surface area (Å²) >= 11 is 0. The van der Waals surface area contributed by atoms with E-state index in [2.05, 4.69) is 27.7 Å². The number of hydrogen-bond donors (Lipinski definition) is 0. The van der Waals surface area contributed by atoms with E-state index in [9.17, 15) is 9.59 Å². The molecule has 0 rings (SSSR count). The summed E-state index contributed by atoms with van der Waals surface area (Å²) in [6.45, 7) is 12.7. The van der Waals surface area contributed by atoms with Crippen LogP contribution in [0.3, 0.4) is 0 Å². The van der Waals surface area contributed by atoms with E-state index in [1.165, 1.54) is 128 Å². The third-order valence-corrected chi connectivity index (χ3v) is 8.09. The Labute approximate surface area is 237 Å². The van der Waals surface area contributed by atoms with E-state index in [-0.39, 0.29) is 12.2 Å². The maximum Gasteiger partial charge on any atom is 0.331 e. The Kier molecular flexibility index (Phi) is 25.0. The smallest absolute Gasteiger partial charge is 0.331 e. The minimum absolute atomic E-state index is 0.160. The van der Waals surface area contributed by atoms with Gasteiger partial charge in [0.2, 0.25) is 0 Å².